The van der Waals surface area contributed by atoms with Crippen LogP contribution in [0.5, 0.6) is 5.75 Å². The summed E-state index contributed by atoms with van der Waals surface area (Å²) in [4.78, 5) is 0. The summed E-state index contributed by atoms with van der Waals surface area (Å²) in [5, 5.41) is 0. The summed E-state index contributed by atoms with van der Waals surface area (Å²) < 4.78 is 6.00. The van der Waals surface area contributed by atoms with Crippen LogP contribution in [-0.4, -0.2) is 6.61 Å². The van der Waals surface area contributed by atoms with Crippen LogP contribution in [0.3, 0.4) is 0 Å². The first-order valence-electron chi connectivity index (χ1n) is 6.99. The Morgan fingerprint density at radius 3 is 2.67 bits per heavy atom. The highest BCUT2D eigenvalue weighted by atomic mass is 16.5. The van der Waals surface area contributed by atoms with Crippen LogP contribution in [-0.2, 0) is 11.8 Å². The van der Waals surface area contributed by atoms with Crippen molar-refractivity contribution in [2.24, 2.45) is 5.73 Å². The number of nitrogens with two attached hydrogens (primary N) is 1. The molecule has 0 aromatic heterocycles. The van der Waals surface area contributed by atoms with Crippen LogP contribution in [0.4, 0.5) is 0 Å². The third kappa shape index (κ3) is 2.54. The number of hydrogen-bond donors (Lipinski definition) is 1. The molecule has 2 nitrogen and oxygen atoms in total. The molecule has 2 heteroatoms. The minimum Gasteiger partial charge on any atom is -0.493 e. The molecule has 2 rings (SSSR count). The van der Waals surface area contributed by atoms with Crippen molar-refractivity contribution < 1.29 is 4.74 Å². The molecule has 0 fully saturated rings. The van der Waals surface area contributed by atoms with Gasteiger partial charge in [0.2, 0.25) is 0 Å². The molecule has 1 aromatic rings. The molecule has 0 aliphatic carbocycles. The zero-order valence-electron chi connectivity index (χ0n) is 12.0. The summed E-state index contributed by atoms with van der Waals surface area (Å²) in [6.45, 7) is 9.69. The normalized spacial score (nSPS) is 19.9. The highest BCUT2D eigenvalue weighted by Crippen LogP contribution is 2.40. The lowest BCUT2D eigenvalue weighted by Crippen LogP contribution is -2.17. The van der Waals surface area contributed by atoms with Crippen molar-refractivity contribution in [3.8, 4) is 5.75 Å². The molecule has 0 bridgehead atoms. The molecule has 0 saturated heterocycles. The van der Waals surface area contributed by atoms with E-state index in [-0.39, 0.29) is 11.5 Å². The van der Waals surface area contributed by atoms with Gasteiger partial charge in [-0.05, 0) is 30.2 Å². The lowest BCUT2D eigenvalue weighted by Gasteiger charge is -2.26. The van der Waals surface area contributed by atoms with Crippen LogP contribution in [0.2, 0.25) is 0 Å². The van der Waals surface area contributed by atoms with Crippen LogP contribution in [0, 0.1) is 0 Å². The van der Waals surface area contributed by atoms with E-state index in [0.717, 1.165) is 31.6 Å². The summed E-state index contributed by atoms with van der Waals surface area (Å²) in [7, 11) is 0. The van der Waals surface area contributed by atoms with Crippen molar-refractivity contribution in [2.75, 3.05) is 6.61 Å². The van der Waals surface area contributed by atoms with E-state index >= 15 is 0 Å². The lowest BCUT2D eigenvalue weighted by molar-refractivity contribution is 0.308. The topological polar surface area (TPSA) is 35.2 Å². The standard InChI is InChI=1S/C16H25NO/c1-5-11-9-12-14(17)7-6-8-18-15(12)13(10-11)16(2,3)4/h9-10,14H,5-8,17H2,1-4H3/t14-/m0/s1. The van der Waals surface area contributed by atoms with Crippen molar-refractivity contribution in [2.45, 2.75) is 58.4 Å². The maximum Gasteiger partial charge on any atom is 0.127 e. The van der Waals surface area contributed by atoms with E-state index in [0.29, 0.717) is 0 Å². The van der Waals surface area contributed by atoms with Gasteiger partial charge in [-0.2, -0.15) is 0 Å². The fourth-order valence-electron chi connectivity index (χ4n) is 2.54. The minimum absolute atomic E-state index is 0.0966. The first kappa shape index (κ1) is 13.4. The number of aryl methyl sites for hydroxylation is 1. The van der Waals surface area contributed by atoms with Crippen molar-refractivity contribution in [1.29, 1.82) is 0 Å². The third-order valence-electron chi connectivity index (χ3n) is 3.70. The van der Waals surface area contributed by atoms with E-state index in [1.165, 1.54) is 16.7 Å². The van der Waals surface area contributed by atoms with Crippen molar-refractivity contribution >= 4 is 0 Å². The zero-order valence-corrected chi connectivity index (χ0v) is 12.0. The Hall–Kier alpha value is -1.02. The SMILES string of the molecule is CCc1cc2c(c(C(C)(C)C)c1)OCCC[C@@H]2N. The van der Waals surface area contributed by atoms with Crippen molar-refractivity contribution in [3.05, 3.63) is 28.8 Å². The summed E-state index contributed by atoms with van der Waals surface area (Å²) >= 11 is 0. The van der Waals surface area contributed by atoms with Gasteiger partial charge in [0.25, 0.3) is 0 Å². The summed E-state index contributed by atoms with van der Waals surface area (Å²) in [6, 6.07) is 4.65. The smallest absolute Gasteiger partial charge is 0.127 e. The molecule has 0 radical (unpaired) electrons. The molecular formula is C16H25NO. The average molecular weight is 247 g/mol. The van der Waals surface area contributed by atoms with Crippen LogP contribution >= 0.6 is 0 Å². The molecule has 0 amide bonds. The van der Waals surface area contributed by atoms with Gasteiger partial charge in [0.05, 0.1) is 6.61 Å². The number of rotatable bonds is 1. The Bertz CT molecular complexity index is 431. The van der Waals surface area contributed by atoms with Gasteiger partial charge in [-0.3, -0.25) is 0 Å². The molecule has 18 heavy (non-hydrogen) atoms. The molecule has 100 valence electrons. The lowest BCUT2D eigenvalue weighted by atomic mass is 9.82. The summed E-state index contributed by atoms with van der Waals surface area (Å²) in [6.07, 6.45) is 3.10. The fourth-order valence-corrected chi connectivity index (χ4v) is 2.54. The summed E-state index contributed by atoms with van der Waals surface area (Å²) in [5.41, 5.74) is 10.3. The molecular weight excluding hydrogens is 222 g/mol. The Morgan fingerprint density at radius 2 is 2.06 bits per heavy atom. The van der Waals surface area contributed by atoms with E-state index in [1.807, 2.05) is 0 Å². The van der Waals surface area contributed by atoms with E-state index in [9.17, 15) is 0 Å². The number of fused-ring (bicyclic) bond motifs is 1. The maximum absolute atomic E-state index is 6.30. The van der Waals surface area contributed by atoms with Gasteiger partial charge < -0.3 is 10.5 Å². The van der Waals surface area contributed by atoms with Crippen LogP contribution in [0.25, 0.3) is 0 Å². The van der Waals surface area contributed by atoms with E-state index < -0.39 is 0 Å². The Kier molecular flexibility index (Phi) is 3.67. The van der Waals surface area contributed by atoms with Crippen LogP contribution in [0.1, 0.15) is 63.3 Å². The molecule has 1 heterocycles. The van der Waals surface area contributed by atoms with Crippen LogP contribution < -0.4 is 10.5 Å². The number of benzene rings is 1. The predicted molar refractivity (Wildman–Crippen MR) is 76.2 cm³/mol. The highest BCUT2D eigenvalue weighted by Gasteiger charge is 2.26. The molecule has 1 aliphatic rings. The molecule has 1 aromatic carbocycles. The maximum atomic E-state index is 6.30. The minimum atomic E-state index is 0.0966. The quantitative estimate of drug-likeness (QED) is 0.821. The van der Waals surface area contributed by atoms with Crippen LogP contribution in [0.15, 0.2) is 12.1 Å². The van der Waals surface area contributed by atoms with Gasteiger partial charge in [0.1, 0.15) is 5.75 Å². The van der Waals surface area contributed by atoms with E-state index in [1.54, 1.807) is 0 Å². The second-order valence-electron chi connectivity index (χ2n) is 6.26. The van der Waals surface area contributed by atoms with Gasteiger partial charge in [-0.1, -0.05) is 39.8 Å². The highest BCUT2D eigenvalue weighted by molar-refractivity contribution is 5.49. The molecule has 1 aliphatic heterocycles. The molecule has 0 saturated carbocycles. The first-order chi connectivity index (χ1) is 8.43. The Labute approximate surface area is 111 Å². The van der Waals surface area contributed by atoms with E-state index in [4.69, 9.17) is 10.5 Å². The van der Waals surface area contributed by atoms with Gasteiger partial charge in [-0.15, -0.1) is 0 Å². The molecule has 1 atom stereocenters. The fraction of sp³-hybridized carbons (Fsp3) is 0.625. The second-order valence-corrected chi connectivity index (χ2v) is 6.26. The second kappa shape index (κ2) is 4.93. The third-order valence-corrected chi connectivity index (χ3v) is 3.70. The number of ether oxygens (including phenoxy) is 1. The molecule has 0 spiro atoms. The van der Waals surface area contributed by atoms with E-state index in [2.05, 4.69) is 39.8 Å². The number of hydrogen-bond acceptors (Lipinski definition) is 2. The average Bonchev–Trinajstić information content (AvgIpc) is 2.49. The molecule has 0 unspecified atom stereocenters. The monoisotopic (exact) mass is 247 g/mol. The first-order valence-corrected chi connectivity index (χ1v) is 6.99. The Morgan fingerprint density at radius 1 is 1.33 bits per heavy atom. The summed E-state index contributed by atoms with van der Waals surface area (Å²) in [5.74, 6) is 1.05. The van der Waals surface area contributed by atoms with Gasteiger partial charge in [0.15, 0.2) is 0 Å². The van der Waals surface area contributed by atoms with Crippen molar-refractivity contribution in [1.82, 2.24) is 0 Å². The Balaban J connectivity index is 2.62. The van der Waals surface area contributed by atoms with Gasteiger partial charge in [-0.25, -0.2) is 0 Å². The zero-order chi connectivity index (χ0) is 13.3. The van der Waals surface area contributed by atoms with Gasteiger partial charge in [0, 0.05) is 17.2 Å². The molecule has 2 N–H and O–H groups in total. The van der Waals surface area contributed by atoms with Gasteiger partial charge >= 0.3 is 0 Å². The van der Waals surface area contributed by atoms with Crippen molar-refractivity contribution in [3.63, 3.8) is 0 Å². The predicted octanol–water partition coefficient (Wildman–Crippen LogP) is 3.72. The largest absolute Gasteiger partial charge is 0.493 e.